The molecule has 5 nitrogen and oxygen atoms in total. The van der Waals surface area contributed by atoms with E-state index < -0.39 is 5.97 Å². The van der Waals surface area contributed by atoms with E-state index in [0.717, 1.165) is 0 Å². The molecule has 1 N–H and O–H groups in total. The first-order chi connectivity index (χ1) is 7.13. The van der Waals surface area contributed by atoms with Crippen LogP contribution in [-0.2, 0) is 0 Å². The molecule has 15 heavy (non-hydrogen) atoms. The van der Waals surface area contributed by atoms with Crippen LogP contribution in [0.4, 0.5) is 0 Å². The van der Waals surface area contributed by atoms with Crippen molar-refractivity contribution in [3.05, 3.63) is 23.3 Å². The molecule has 0 aliphatic heterocycles. The highest BCUT2D eigenvalue weighted by Crippen LogP contribution is 2.32. The lowest BCUT2D eigenvalue weighted by molar-refractivity contribution is 0.0692. The lowest BCUT2D eigenvalue weighted by Gasteiger charge is -2.10. The first-order valence-electron chi connectivity index (χ1n) is 4.03. The molecule has 0 bridgehead atoms. The molecular formula is C10H9NO4. The van der Waals surface area contributed by atoms with E-state index in [0.29, 0.717) is 0 Å². The number of methoxy groups -OCH3 is 2. The van der Waals surface area contributed by atoms with E-state index in [1.165, 1.54) is 26.4 Å². The van der Waals surface area contributed by atoms with Crippen molar-refractivity contribution in [3.8, 4) is 17.6 Å². The summed E-state index contributed by atoms with van der Waals surface area (Å²) >= 11 is 0. The first kappa shape index (κ1) is 10.9. The normalized spacial score (nSPS) is 9.13. The molecule has 1 rings (SSSR count). The van der Waals surface area contributed by atoms with E-state index in [4.69, 9.17) is 19.8 Å². The van der Waals surface area contributed by atoms with E-state index in [1.54, 1.807) is 0 Å². The molecule has 1 aromatic rings. The highest BCUT2D eigenvalue weighted by atomic mass is 16.5. The minimum atomic E-state index is -1.16. The predicted octanol–water partition coefficient (Wildman–Crippen LogP) is 1.27. The summed E-state index contributed by atoms with van der Waals surface area (Å²) in [6.45, 7) is 0. The molecular weight excluding hydrogens is 198 g/mol. The van der Waals surface area contributed by atoms with E-state index in [1.807, 2.05) is 6.07 Å². The third-order valence-corrected chi connectivity index (χ3v) is 1.84. The van der Waals surface area contributed by atoms with Gasteiger partial charge in [-0.1, -0.05) is 0 Å². The quantitative estimate of drug-likeness (QED) is 0.807. The van der Waals surface area contributed by atoms with Gasteiger partial charge in [0.2, 0.25) is 0 Å². The zero-order chi connectivity index (χ0) is 11.4. The fraction of sp³-hybridized carbons (Fsp3) is 0.200. The summed E-state index contributed by atoms with van der Waals surface area (Å²) in [5, 5.41) is 17.6. The molecule has 0 unspecified atom stereocenters. The molecule has 0 fully saturated rings. The average molecular weight is 207 g/mol. The van der Waals surface area contributed by atoms with E-state index in [9.17, 15) is 4.79 Å². The second-order valence-electron chi connectivity index (χ2n) is 2.68. The van der Waals surface area contributed by atoms with Gasteiger partial charge in [0.05, 0.1) is 25.9 Å². The van der Waals surface area contributed by atoms with E-state index in [2.05, 4.69) is 0 Å². The van der Waals surface area contributed by atoms with E-state index >= 15 is 0 Å². The Morgan fingerprint density at radius 2 is 2.07 bits per heavy atom. The molecule has 0 saturated carbocycles. The van der Waals surface area contributed by atoms with Gasteiger partial charge in [-0.3, -0.25) is 0 Å². The highest BCUT2D eigenvalue weighted by molar-refractivity contribution is 5.92. The van der Waals surface area contributed by atoms with Crippen LogP contribution in [0.2, 0.25) is 0 Å². The maximum absolute atomic E-state index is 10.9. The fourth-order valence-electron chi connectivity index (χ4n) is 1.19. The summed E-state index contributed by atoms with van der Waals surface area (Å²) in [6, 6.07) is 4.51. The lowest BCUT2D eigenvalue weighted by atomic mass is 10.1. The van der Waals surface area contributed by atoms with Gasteiger partial charge in [0, 0.05) is 6.07 Å². The Hall–Kier alpha value is -2.22. The monoisotopic (exact) mass is 207 g/mol. The SMILES string of the molecule is COc1cc(C#N)cc(C(=O)O)c1OC. The van der Waals surface area contributed by atoms with Crippen LogP contribution in [0.15, 0.2) is 12.1 Å². The number of carboxylic acids is 1. The Balaban J connectivity index is 3.47. The van der Waals surface area contributed by atoms with Crippen molar-refractivity contribution < 1.29 is 19.4 Å². The second kappa shape index (κ2) is 4.33. The van der Waals surface area contributed by atoms with Gasteiger partial charge in [-0.2, -0.15) is 5.26 Å². The van der Waals surface area contributed by atoms with Gasteiger partial charge >= 0.3 is 5.97 Å². The standard InChI is InChI=1S/C10H9NO4/c1-14-8-4-6(5-11)3-7(10(12)13)9(8)15-2/h3-4H,1-2H3,(H,12,13). The topological polar surface area (TPSA) is 79.5 Å². The van der Waals surface area contributed by atoms with Gasteiger partial charge in [0.15, 0.2) is 11.5 Å². The Bertz CT molecular complexity index is 434. The fourth-order valence-corrected chi connectivity index (χ4v) is 1.19. The predicted molar refractivity (Wildman–Crippen MR) is 51.2 cm³/mol. The summed E-state index contributed by atoms with van der Waals surface area (Å²) in [4.78, 5) is 10.9. The summed E-state index contributed by atoms with van der Waals surface area (Å²) in [7, 11) is 2.72. The van der Waals surface area contributed by atoms with Crippen molar-refractivity contribution in [1.29, 1.82) is 5.26 Å². The molecule has 0 aliphatic rings. The zero-order valence-corrected chi connectivity index (χ0v) is 8.27. The number of nitrogens with zero attached hydrogens (tertiary/aromatic N) is 1. The molecule has 0 heterocycles. The molecule has 0 aliphatic carbocycles. The minimum Gasteiger partial charge on any atom is -0.493 e. The number of benzene rings is 1. The number of carboxylic acid groups (broad SMARTS) is 1. The van der Waals surface area contributed by atoms with Crippen molar-refractivity contribution in [2.24, 2.45) is 0 Å². The third-order valence-electron chi connectivity index (χ3n) is 1.84. The minimum absolute atomic E-state index is 0.0894. The van der Waals surface area contributed by atoms with Crippen LogP contribution in [0.3, 0.4) is 0 Å². The maximum atomic E-state index is 10.9. The van der Waals surface area contributed by atoms with Gasteiger partial charge in [-0.15, -0.1) is 0 Å². The van der Waals surface area contributed by atoms with Crippen molar-refractivity contribution in [2.75, 3.05) is 14.2 Å². The van der Waals surface area contributed by atoms with Crippen LogP contribution < -0.4 is 9.47 Å². The molecule has 0 spiro atoms. The summed E-state index contributed by atoms with van der Waals surface area (Å²) in [6.07, 6.45) is 0. The number of rotatable bonds is 3. The lowest BCUT2D eigenvalue weighted by Crippen LogP contribution is -2.03. The maximum Gasteiger partial charge on any atom is 0.339 e. The second-order valence-corrected chi connectivity index (χ2v) is 2.68. The number of hydrogen-bond acceptors (Lipinski definition) is 4. The average Bonchev–Trinajstić information content (AvgIpc) is 2.26. The summed E-state index contributed by atoms with van der Waals surface area (Å²) < 4.78 is 9.84. The molecule has 0 saturated heterocycles. The van der Waals surface area contributed by atoms with Crippen molar-refractivity contribution in [1.82, 2.24) is 0 Å². The van der Waals surface area contributed by atoms with Gasteiger partial charge in [0.1, 0.15) is 5.56 Å². The molecule has 0 amide bonds. The molecule has 1 aromatic carbocycles. The van der Waals surface area contributed by atoms with Gasteiger partial charge in [-0.05, 0) is 6.07 Å². The number of aromatic carboxylic acids is 1. The van der Waals surface area contributed by atoms with Crippen LogP contribution in [0.5, 0.6) is 11.5 Å². The Kier molecular flexibility index (Phi) is 3.13. The van der Waals surface area contributed by atoms with Crippen LogP contribution >= 0.6 is 0 Å². The molecule has 0 radical (unpaired) electrons. The summed E-state index contributed by atoms with van der Waals surface area (Å²) in [5.74, 6) is -0.819. The molecule has 5 heteroatoms. The molecule has 0 aromatic heterocycles. The van der Waals surface area contributed by atoms with Crippen LogP contribution in [0, 0.1) is 11.3 Å². The first-order valence-corrected chi connectivity index (χ1v) is 4.03. The van der Waals surface area contributed by atoms with Crippen LogP contribution in [0.1, 0.15) is 15.9 Å². The zero-order valence-electron chi connectivity index (χ0n) is 8.27. The van der Waals surface area contributed by atoms with Crippen molar-refractivity contribution in [3.63, 3.8) is 0 Å². The number of nitriles is 1. The smallest absolute Gasteiger partial charge is 0.339 e. The van der Waals surface area contributed by atoms with Crippen LogP contribution in [-0.4, -0.2) is 25.3 Å². The van der Waals surface area contributed by atoms with Crippen LogP contribution in [0.25, 0.3) is 0 Å². The number of carbonyl (C=O) groups is 1. The Morgan fingerprint density at radius 1 is 1.40 bits per heavy atom. The van der Waals surface area contributed by atoms with Crippen molar-refractivity contribution >= 4 is 5.97 Å². The number of hydrogen-bond donors (Lipinski definition) is 1. The third kappa shape index (κ3) is 1.99. The van der Waals surface area contributed by atoms with Crippen molar-refractivity contribution in [2.45, 2.75) is 0 Å². The number of ether oxygens (including phenoxy) is 2. The Labute approximate surface area is 86.5 Å². The van der Waals surface area contributed by atoms with Gasteiger partial charge in [-0.25, -0.2) is 4.79 Å². The molecule has 0 atom stereocenters. The summed E-state index contributed by atoms with van der Waals surface area (Å²) in [5.41, 5.74) is 0.124. The van der Waals surface area contributed by atoms with Gasteiger partial charge < -0.3 is 14.6 Å². The van der Waals surface area contributed by atoms with E-state index in [-0.39, 0.29) is 22.6 Å². The molecule has 78 valence electrons. The largest absolute Gasteiger partial charge is 0.493 e. The van der Waals surface area contributed by atoms with Gasteiger partial charge in [0.25, 0.3) is 0 Å². The highest BCUT2D eigenvalue weighted by Gasteiger charge is 2.17. The Morgan fingerprint density at radius 3 is 2.47 bits per heavy atom.